The van der Waals surface area contributed by atoms with Crippen LogP contribution in [0, 0.1) is 0 Å². The number of pyridine rings is 1. The first-order valence-electron chi connectivity index (χ1n) is 20.6. The van der Waals surface area contributed by atoms with E-state index in [2.05, 4.69) is 94.5 Å². The van der Waals surface area contributed by atoms with Crippen LogP contribution in [0.1, 0.15) is 11.1 Å². The smallest absolute Gasteiger partial charge is 0.299 e. The number of halogens is 2. The molecule has 0 aliphatic carbocycles. The Morgan fingerprint density at radius 3 is 1.97 bits per heavy atom. The van der Waals surface area contributed by atoms with E-state index in [-0.39, 0.29) is 11.1 Å². The Balaban J connectivity index is 1.12. The van der Waals surface area contributed by atoms with Crippen molar-refractivity contribution in [2.24, 2.45) is 0 Å². The standard InChI is InChI=1S/C55H35F2N5/c56-55(57,37-18-6-2-7-19-37)46-34-50-45(33-44(46)35-16-4-1-5-17-35)41-30-29-36(32-49(41)62(50)51-28-12-13-31-58-51)39-23-15-27-48-53(39)60-54(61(48)38-20-8-3-9-21-38)43-25-14-24-42-40-22-10-11-26-47(40)59-52(42)43/h1-34,59H. The molecular weight excluding hydrogens is 769 g/mol. The number of imidazole rings is 1. The maximum Gasteiger partial charge on any atom is 0.299 e. The number of aromatic amines is 1. The minimum atomic E-state index is -3.29. The lowest BCUT2D eigenvalue weighted by atomic mass is 9.90. The number of rotatable bonds is 7. The van der Waals surface area contributed by atoms with Crippen molar-refractivity contribution < 1.29 is 8.78 Å². The fourth-order valence-electron chi connectivity index (χ4n) is 9.29. The molecule has 0 spiro atoms. The highest BCUT2D eigenvalue weighted by atomic mass is 19.3. The monoisotopic (exact) mass is 803 g/mol. The highest BCUT2D eigenvalue weighted by molar-refractivity contribution is 6.14. The van der Waals surface area contributed by atoms with Gasteiger partial charge in [0.1, 0.15) is 11.6 Å². The Morgan fingerprint density at radius 1 is 0.468 bits per heavy atom. The molecule has 62 heavy (non-hydrogen) atoms. The maximum absolute atomic E-state index is 17.0. The van der Waals surface area contributed by atoms with E-state index in [0.717, 1.165) is 82.9 Å². The van der Waals surface area contributed by atoms with Crippen LogP contribution in [0.15, 0.2) is 206 Å². The van der Waals surface area contributed by atoms with E-state index in [1.54, 1.807) is 30.5 Å². The van der Waals surface area contributed by atoms with Gasteiger partial charge in [0.2, 0.25) is 0 Å². The highest BCUT2D eigenvalue weighted by Crippen LogP contribution is 2.46. The van der Waals surface area contributed by atoms with Crippen LogP contribution in [0.5, 0.6) is 0 Å². The zero-order valence-electron chi connectivity index (χ0n) is 33.2. The molecule has 0 fully saturated rings. The minimum absolute atomic E-state index is 0.0671. The Labute approximate surface area is 354 Å². The number of hydrogen-bond acceptors (Lipinski definition) is 2. The summed E-state index contributed by atoms with van der Waals surface area (Å²) in [7, 11) is 0. The fourth-order valence-corrected chi connectivity index (χ4v) is 9.29. The molecule has 0 saturated carbocycles. The van der Waals surface area contributed by atoms with Gasteiger partial charge in [0.15, 0.2) is 0 Å². The summed E-state index contributed by atoms with van der Waals surface area (Å²) in [6.45, 7) is 0. The van der Waals surface area contributed by atoms with Gasteiger partial charge in [-0.3, -0.25) is 9.13 Å². The van der Waals surface area contributed by atoms with Crippen molar-refractivity contribution in [2.45, 2.75) is 5.92 Å². The predicted octanol–water partition coefficient (Wildman–Crippen LogP) is 14.3. The second-order valence-electron chi connectivity index (χ2n) is 15.7. The molecule has 0 radical (unpaired) electrons. The van der Waals surface area contributed by atoms with Gasteiger partial charge in [-0.25, -0.2) is 9.97 Å². The Hall–Kier alpha value is -8.16. The van der Waals surface area contributed by atoms with E-state index in [1.165, 1.54) is 12.1 Å². The summed E-state index contributed by atoms with van der Waals surface area (Å²) >= 11 is 0. The second-order valence-corrected chi connectivity index (χ2v) is 15.7. The zero-order valence-corrected chi connectivity index (χ0v) is 33.2. The average molecular weight is 804 g/mol. The van der Waals surface area contributed by atoms with Gasteiger partial charge in [-0.1, -0.05) is 140 Å². The van der Waals surface area contributed by atoms with E-state index < -0.39 is 5.92 Å². The van der Waals surface area contributed by atoms with Crippen LogP contribution in [0.25, 0.3) is 99.8 Å². The fraction of sp³-hybridized carbons (Fsp3) is 0.0182. The maximum atomic E-state index is 17.0. The van der Waals surface area contributed by atoms with Crippen molar-refractivity contribution >= 4 is 54.6 Å². The summed E-state index contributed by atoms with van der Waals surface area (Å²) in [6.07, 6.45) is 1.74. The Kier molecular flexibility index (Phi) is 8.05. The number of benzene rings is 8. The molecule has 0 saturated heterocycles. The molecular formula is C55H35F2N5. The molecule has 4 heterocycles. The van der Waals surface area contributed by atoms with E-state index >= 15 is 8.78 Å². The molecule has 0 aliphatic rings. The predicted molar refractivity (Wildman–Crippen MR) is 248 cm³/mol. The van der Waals surface area contributed by atoms with Gasteiger partial charge in [-0.05, 0) is 77.4 Å². The molecule has 12 aromatic rings. The number of alkyl halides is 2. The van der Waals surface area contributed by atoms with Crippen molar-refractivity contribution in [3.63, 3.8) is 0 Å². The second kappa shape index (κ2) is 14.0. The summed E-state index contributed by atoms with van der Waals surface area (Å²) in [5, 5.41) is 4.08. The van der Waals surface area contributed by atoms with Crippen LogP contribution < -0.4 is 0 Å². The number of nitrogens with zero attached hydrogens (tertiary/aromatic N) is 4. The number of fused-ring (bicyclic) bond motifs is 7. The third-order valence-electron chi connectivity index (χ3n) is 12.1. The van der Waals surface area contributed by atoms with E-state index in [0.29, 0.717) is 16.9 Å². The summed E-state index contributed by atoms with van der Waals surface area (Å²) in [6, 6.07) is 64.6. The summed E-state index contributed by atoms with van der Waals surface area (Å²) in [4.78, 5) is 14.0. The number of nitrogens with one attached hydrogen (secondary N) is 1. The number of H-pyrrole nitrogens is 1. The molecule has 12 rings (SSSR count). The molecule has 1 N–H and O–H groups in total. The Bertz CT molecular complexity index is 3650. The van der Waals surface area contributed by atoms with Crippen molar-refractivity contribution in [1.82, 2.24) is 24.1 Å². The van der Waals surface area contributed by atoms with Crippen molar-refractivity contribution in [1.29, 1.82) is 0 Å². The molecule has 7 heteroatoms. The van der Waals surface area contributed by atoms with Gasteiger partial charge in [0, 0.05) is 61.2 Å². The highest BCUT2D eigenvalue weighted by Gasteiger charge is 2.37. The molecule has 5 nitrogen and oxygen atoms in total. The van der Waals surface area contributed by atoms with Gasteiger partial charge in [0.25, 0.3) is 5.92 Å². The number of para-hydroxylation sites is 4. The van der Waals surface area contributed by atoms with Crippen LogP contribution in [0.3, 0.4) is 0 Å². The lowest BCUT2D eigenvalue weighted by Gasteiger charge is -2.22. The lowest BCUT2D eigenvalue weighted by Crippen LogP contribution is -2.16. The van der Waals surface area contributed by atoms with Crippen LogP contribution in [-0.2, 0) is 5.92 Å². The van der Waals surface area contributed by atoms with E-state index in [4.69, 9.17) is 9.97 Å². The van der Waals surface area contributed by atoms with Crippen LogP contribution in [0.2, 0.25) is 0 Å². The molecule has 0 amide bonds. The summed E-state index contributed by atoms with van der Waals surface area (Å²) in [5.74, 6) is -1.84. The van der Waals surface area contributed by atoms with Crippen molar-refractivity contribution in [2.75, 3.05) is 0 Å². The quantitative estimate of drug-likeness (QED) is 0.174. The SMILES string of the molecule is FC(F)(c1ccccc1)c1cc2c(cc1-c1ccccc1)c1ccc(-c3cccc4c3nc(-c3cccc5c3[nH]c3ccccc35)n4-c3ccccc3)cc1n2-c1ccccn1. The molecule has 0 bridgehead atoms. The first-order chi connectivity index (χ1) is 30.5. The van der Waals surface area contributed by atoms with Gasteiger partial charge < -0.3 is 4.98 Å². The molecule has 0 atom stereocenters. The largest absolute Gasteiger partial charge is 0.354 e. The third kappa shape index (κ3) is 5.52. The normalized spacial score (nSPS) is 12.0. The first kappa shape index (κ1) is 35.8. The van der Waals surface area contributed by atoms with E-state index in [9.17, 15) is 0 Å². The topological polar surface area (TPSA) is 51.4 Å². The lowest BCUT2D eigenvalue weighted by molar-refractivity contribution is 0.0436. The number of hydrogen-bond donors (Lipinski definition) is 1. The van der Waals surface area contributed by atoms with Gasteiger partial charge in [-0.2, -0.15) is 8.78 Å². The van der Waals surface area contributed by atoms with Crippen molar-refractivity contribution in [3.05, 3.63) is 218 Å². The molecule has 4 aromatic heterocycles. The van der Waals surface area contributed by atoms with E-state index in [1.807, 2.05) is 83.4 Å². The van der Waals surface area contributed by atoms with Gasteiger partial charge >= 0.3 is 0 Å². The van der Waals surface area contributed by atoms with Crippen LogP contribution in [0.4, 0.5) is 8.78 Å². The molecule has 0 unspecified atom stereocenters. The molecule has 294 valence electrons. The van der Waals surface area contributed by atoms with Crippen LogP contribution in [-0.4, -0.2) is 24.1 Å². The summed E-state index contributed by atoms with van der Waals surface area (Å²) in [5.41, 5.74) is 10.3. The Morgan fingerprint density at radius 2 is 1.16 bits per heavy atom. The van der Waals surface area contributed by atoms with Gasteiger partial charge in [-0.15, -0.1) is 0 Å². The summed E-state index contributed by atoms with van der Waals surface area (Å²) < 4.78 is 38.2. The third-order valence-corrected chi connectivity index (χ3v) is 12.1. The molecule has 0 aliphatic heterocycles. The average Bonchev–Trinajstić information content (AvgIpc) is 4.02. The first-order valence-corrected chi connectivity index (χ1v) is 20.6. The number of aromatic nitrogens is 5. The minimum Gasteiger partial charge on any atom is -0.354 e. The zero-order chi connectivity index (χ0) is 41.4. The molecule has 8 aromatic carbocycles. The van der Waals surface area contributed by atoms with Crippen LogP contribution >= 0.6 is 0 Å². The van der Waals surface area contributed by atoms with Gasteiger partial charge in [0.05, 0.1) is 27.6 Å². The van der Waals surface area contributed by atoms with Crippen molar-refractivity contribution in [3.8, 4) is 45.1 Å².